The van der Waals surface area contributed by atoms with Crippen molar-refractivity contribution in [1.29, 1.82) is 0 Å². The first kappa shape index (κ1) is 12.6. The molecule has 1 N–H and O–H groups in total. The number of hydrogen-bond donors (Lipinski definition) is 1. The minimum absolute atomic E-state index is 0.0690. The average Bonchev–Trinajstić information content (AvgIpc) is 2.81. The summed E-state index contributed by atoms with van der Waals surface area (Å²) in [6, 6.07) is 7.57. The number of thioether (sulfide) groups is 1. The zero-order chi connectivity index (χ0) is 13.0. The fourth-order valence-electron chi connectivity index (χ4n) is 1.50. The van der Waals surface area contributed by atoms with Gasteiger partial charge in [0.1, 0.15) is 6.33 Å². The number of aryl methyl sites for hydroxylation is 1. The summed E-state index contributed by atoms with van der Waals surface area (Å²) in [5.74, 6) is 0.692. The minimum Gasteiger partial charge on any atom is -0.355 e. The highest BCUT2D eigenvalue weighted by Crippen LogP contribution is 2.20. The highest BCUT2D eigenvalue weighted by molar-refractivity contribution is 7.98. The van der Waals surface area contributed by atoms with E-state index in [1.807, 2.05) is 29.8 Å². The maximum absolute atomic E-state index is 11.5. The Morgan fingerprint density at radius 1 is 1.50 bits per heavy atom. The van der Waals surface area contributed by atoms with Crippen LogP contribution < -0.4 is 5.32 Å². The second-order valence-corrected chi connectivity index (χ2v) is 4.74. The molecule has 0 saturated carbocycles. The van der Waals surface area contributed by atoms with Crippen LogP contribution in [0.25, 0.3) is 0 Å². The Morgan fingerprint density at radius 3 is 3.00 bits per heavy atom. The topological polar surface area (TPSA) is 59.8 Å². The number of benzene rings is 1. The number of nitrogens with one attached hydrogen (secondary N) is 1. The Morgan fingerprint density at radius 2 is 2.33 bits per heavy atom. The van der Waals surface area contributed by atoms with Crippen LogP contribution in [-0.4, -0.2) is 27.7 Å². The summed E-state index contributed by atoms with van der Waals surface area (Å²) >= 11 is 1.59. The van der Waals surface area contributed by atoms with Crippen molar-refractivity contribution in [3.8, 4) is 0 Å². The van der Waals surface area contributed by atoms with Gasteiger partial charge < -0.3 is 9.88 Å². The van der Waals surface area contributed by atoms with Gasteiger partial charge in [0.25, 0.3) is 5.91 Å². The third-order valence-electron chi connectivity index (χ3n) is 2.45. The summed E-state index contributed by atoms with van der Waals surface area (Å²) in [6.07, 6.45) is 1.67. The fourth-order valence-corrected chi connectivity index (χ4v) is 2.33. The van der Waals surface area contributed by atoms with Crippen LogP contribution >= 0.6 is 11.8 Å². The number of carbonyl (C=O) groups excluding carboxylic acids is 1. The molecule has 0 aliphatic carbocycles. The van der Waals surface area contributed by atoms with E-state index in [2.05, 4.69) is 15.5 Å². The molecule has 0 unspecified atom stereocenters. The maximum atomic E-state index is 11.5. The van der Waals surface area contributed by atoms with Gasteiger partial charge in [-0.25, -0.2) is 0 Å². The molecule has 1 heterocycles. The van der Waals surface area contributed by atoms with Gasteiger partial charge in [-0.1, -0.05) is 23.9 Å². The van der Waals surface area contributed by atoms with Crippen molar-refractivity contribution in [2.45, 2.75) is 10.9 Å². The molecule has 1 aromatic heterocycles. The largest absolute Gasteiger partial charge is 0.355 e. The molecule has 94 valence electrons. The van der Waals surface area contributed by atoms with Crippen molar-refractivity contribution in [2.75, 3.05) is 7.05 Å². The lowest BCUT2D eigenvalue weighted by Gasteiger charge is -2.04. The molecule has 0 aliphatic rings. The number of aromatic nitrogens is 3. The lowest BCUT2D eigenvalue weighted by Crippen LogP contribution is -2.17. The average molecular weight is 262 g/mol. The first-order chi connectivity index (χ1) is 8.70. The monoisotopic (exact) mass is 262 g/mol. The smallest absolute Gasteiger partial charge is 0.251 e. The van der Waals surface area contributed by atoms with Crippen LogP contribution in [0.5, 0.6) is 0 Å². The van der Waals surface area contributed by atoms with E-state index in [0.29, 0.717) is 5.56 Å². The first-order valence-electron chi connectivity index (χ1n) is 5.48. The van der Waals surface area contributed by atoms with E-state index in [0.717, 1.165) is 16.5 Å². The van der Waals surface area contributed by atoms with Crippen LogP contribution in [0.2, 0.25) is 0 Å². The number of hydrogen-bond acceptors (Lipinski definition) is 4. The summed E-state index contributed by atoms with van der Waals surface area (Å²) in [7, 11) is 3.53. The summed E-state index contributed by atoms with van der Waals surface area (Å²) in [4.78, 5) is 11.5. The molecule has 1 amide bonds. The molecule has 0 bridgehead atoms. The van der Waals surface area contributed by atoms with Crippen LogP contribution in [0.15, 0.2) is 35.7 Å². The van der Waals surface area contributed by atoms with Crippen molar-refractivity contribution in [2.24, 2.45) is 7.05 Å². The highest BCUT2D eigenvalue weighted by atomic mass is 32.2. The lowest BCUT2D eigenvalue weighted by atomic mass is 10.1. The SMILES string of the molecule is CNC(=O)c1cccc(CSc2nncn2C)c1. The van der Waals surface area contributed by atoms with Gasteiger partial charge >= 0.3 is 0 Å². The van der Waals surface area contributed by atoms with Crippen molar-refractivity contribution in [3.63, 3.8) is 0 Å². The normalized spacial score (nSPS) is 10.3. The van der Waals surface area contributed by atoms with Crippen molar-refractivity contribution >= 4 is 17.7 Å². The Labute approximate surface area is 110 Å². The van der Waals surface area contributed by atoms with Crippen LogP contribution in [0.4, 0.5) is 0 Å². The van der Waals surface area contributed by atoms with E-state index in [1.54, 1.807) is 31.2 Å². The van der Waals surface area contributed by atoms with Gasteiger partial charge in [-0.15, -0.1) is 10.2 Å². The Bertz CT molecular complexity index is 553. The molecular formula is C12H14N4OS. The maximum Gasteiger partial charge on any atom is 0.251 e. The second-order valence-electron chi connectivity index (χ2n) is 3.79. The van der Waals surface area contributed by atoms with E-state index >= 15 is 0 Å². The Hall–Kier alpha value is -1.82. The van der Waals surface area contributed by atoms with E-state index < -0.39 is 0 Å². The highest BCUT2D eigenvalue weighted by Gasteiger charge is 2.05. The number of carbonyl (C=O) groups is 1. The summed E-state index contributed by atoms with van der Waals surface area (Å²) in [5.41, 5.74) is 1.76. The number of amides is 1. The molecule has 0 radical (unpaired) electrons. The molecule has 18 heavy (non-hydrogen) atoms. The molecule has 2 rings (SSSR count). The molecule has 0 aliphatic heterocycles. The van der Waals surface area contributed by atoms with E-state index in [1.165, 1.54) is 0 Å². The minimum atomic E-state index is -0.0690. The predicted molar refractivity (Wildman–Crippen MR) is 70.4 cm³/mol. The van der Waals surface area contributed by atoms with Crippen molar-refractivity contribution in [3.05, 3.63) is 41.7 Å². The predicted octanol–water partition coefficient (Wildman–Crippen LogP) is 1.47. The molecule has 0 fully saturated rings. The standard InChI is InChI=1S/C12H14N4OS/c1-13-11(17)10-5-3-4-9(6-10)7-18-12-15-14-8-16(12)2/h3-6,8H,7H2,1-2H3,(H,13,17). The van der Waals surface area contributed by atoms with Gasteiger partial charge in [0.05, 0.1) is 0 Å². The van der Waals surface area contributed by atoms with Crippen LogP contribution in [0, 0.1) is 0 Å². The van der Waals surface area contributed by atoms with Crippen LogP contribution in [0.3, 0.4) is 0 Å². The molecule has 6 heteroatoms. The van der Waals surface area contributed by atoms with Gasteiger partial charge in [0.2, 0.25) is 0 Å². The summed E-state index contributed by atoms with van der Waals surface area (Å²) in [6.45, 7) is 0. The number of rotatable bonds is 4. The van der Waals surface area contributed by atoms with Crippen LogP contribution in [0.1, 0.15) is 15.9 Å². The van der Waals surface area contributed by atoms with Crippen LogP contribution in [-0.2, 0) is 12.8 Å². The van der Waals surface area contributed by atoms with Gasteiger partial charge in [-0.05, 0) is 17.7 Å². The molecule has 1 aromatic carbocycles. The van der Waals surface area contributed by atoms with Gasteiger partial charge in [0, 0.05) is 25.4 Å². The Balaban J connectivity index is 2.06. The van der Waals surface area contributed by atoms with Crippen molar-refractivity contribution < 1.29 is 4.79 Å². The van der Waals surface area contributed by atoms with Gasteiger partial charge in [-0.2, -0.15) is 0 Å². The zero-order valence-corrected chi connectivity index (χ0v) is 11.1. The fraction of sp³-hybridized carbons (Fsp3) is 0.250. The molecule has 0 atom stereocenters. The number of nitrogens with zero attached hydrogens (tertiary/aromatic N) is 3. The van der Waals surface area contributed by atoms with E-state index in [4.69, 9.17) is 0 Å². The first-order valence-corrected chi connectivity index (χ1v) is 6.47. The second kappa shape index (κ2) is 5.68. The third-order valence-corrected chi connectivity index (χ3v) is 3.56. The molecule has 5 nitrogen and oxygen atoms in total. The molecule has 0 saturated heterocycles. The molecular weight excluding hydrogens is 248 g/mol. The van der Waals surface area contributed by atoms with E-state index in [-0.39, 0.29) is 5.91 Å². The summed E-state index contributed by atoms with van der Waals surface area (Å²) < 4.78 is 1.87. The van der Waals surface area contributed by atoms with Gasteiger partial charge in [-0.3, -0.25) is 4.79 Å². The van der Waals surface area contributed by atoms with Gasteiger partial charge in [0.15, 0.2) is 5.16 Å². The molecule has 2 aromatic rings. The van der Waals surface area contributed by atoms with E-state index in [9.17, 15) is 4.79 Å². The zero-order valence-electron chi connectivity index (χ0n) is 10.3. The summed E-state index contributed by atoms with van der Waals surface area (Å²) in [5, 5.41) is 11.3. The third kappa shape index (κ3) is 2.89. The molecule has 0 spiro atoms. The van der Waals surface area contributed by atoms with Crippen molar-refractivity contribution in [1.82, 2.24) is 20.1 Å². The Kier molecular flexibility index (Phi) is 3.99. The lowest BCUT2D eigenvalue weighted by molar-refractivity contribution is 0.0963. The quantitative estimate of drug-likeness (QED) is 0.848.